The lowest BCUT2D eigenvalue weighted by Gasteiger charge is -2.08. The molecule has 1 N–H and O–H groups in total. The van der Waals surface area contributed by atoms with Gasteiger partial charge in [0.25, 0.3) is 0 Å². The summed E-state index contributed by atoms with van der Waals surface area (Å²) < 4.78 is 0.962. The van der Waals surface area contributed by atoms with E-state index in [4.69, 9.17) is 5.11 Å². The average molecular weight is 248 g/mol. The summed E-state index contributed by atoms with van der Waals surface area (Å²) in [5.41, 5.74) is 1.46. The molecule has 1 heterocycles. The van der Waals surface area contributed by atoms with Crippen LogP contribution in [0.2, 0.25) is 0 Å². The van der Waals surface area contributed by atoms with Gasteiger partial charge in [-0.05, 0) is 28.8 Å². The van der Waals surface area contributed by atoms with E-state index in [2.05, 4.69) is 0 Å². The Labute approximate surface area is 103 Å². The Morgan fingerprint density at radius 3 is 2.88 bits per heavy atom. The van der Waals surface area contributed by atoms with Crippen molar-refractivity contribution in [3.63, 3.8) is 0 Å². The lowest BCUT2D eigenvalue weighted by atomic mass is 9.96. The summed E-state index contributed by atoms with van der Waals surface area (Å²) >= 11 is 1.48. The predicted molar refractivity (Wildman–Crippen MR) is 67.9 cm³/mol. The highest BCUT2D eigenvalue weighted by Gasteiger charge is 2.20. The molecule has 0 fully saturated rings. The van der Waals surface area contributed by atoms with E-state index in [0.29, 0.717) is 12.0 Å². The number of benzene rings is 1. The van der Waals surface area contributed by atoms with Gasteiger partial charge in [0.15, 0.2) is 0 Å². The van der Waals surface area contributed by atoms with Crippen LogP contribution in [0.4, 0.5) is 0 Å². The summed E-state index contributed by atoms with van der Waals surface area (Å²) in [6, 6.07) is 5.35. The molecule has 0 radical (unpaired) electrons. The topological polar surface area (TPSA) is 54.4 Å². The molecule has 1 unspecified atom stereocenters. The fourth-order valence-electron chi connectivity index (χ4n) is 1.94. The zero-order valence-electron chi connectivity index (χ0n) is 9.34. The first-order valence-electron chi connectivity index (χ1n) is 5.36. The Balaban J connectivity index is 2.56. The van der Waals surface area contributed by atoms with Crippen LogP contribution in [0.25, 0.3) is 10.1 Å². The minimum atomic E-state index is -0.799. The number of hydrogen-bond acceptors (Lipinski definition) is 3. The lowest BCUT2D eigenvalue weighted by molar-refractivity contribution is -0.138. The molecule has 2 aromatic rings. The van der Waals surface area contributed by atoms with E-state index in [1.807, 2.05) is 18.4 Å². The molecule has 1 aromatic carbocycles. The minimum absolute atomic E-state index is 0.467. The van der Waals surface area contributed by atoms with Crippen molar-refractivity contribution in [2.24, 2.45) is 0 Å². The van der Waals surface area contributed by atoms with Crippen molar-refractivity contribution < 1.29 is 14.7 Å². The monoisotopic (exact) mass is 248 g/mol. The van der Waals surface area contributed by atoms with Gasteiger partial charge in [0, 0.05) is 10.3 Å². The van der Waals surface area contributed by atoms with Crippen molar-refractivity contribution in [3.05, 3.63) is 34.7 Å². The fraction of sp³-hybridized carbons (Fsp3) is 0.231. The van der Waals surface area contributed by atoms with Gasteiger partial charge in [-0.1, -0.05) is 19.1 Å². The van der Waals surface area contributed by atoms with E-state index in [1.54, 1.807) is 12.1 Å². The van der Waals surface area contributed by atoms with E-state index in [1.165, 1.54) is 11.3 Å². The molecular weight excluding hydrogens is 236 g/mol. The molecule has 1 aromatic heterocycles. The van der Waals surface area contributed by atoms with E-state index in [0.717, 1.165) is 21.9 Å². The van der Waals surface area contributed by atoms with Gasteiger partial charge in [0.2, 0.25) is 0 Å². The summed E-state index contributed by atoms with van der Waals surface area (Å²) in [4.78, 5) is 21.8. The van der Waals surface area contributed by atoms with Gasteiger partial charge in [-0.15, -0.1) is 11.3 Å². The summed E-state index contributed by atoms with van der Waals surface area (Å²) in [5, 5.41) is 12.0. The Kier molecular flexibility index (Phi) is 3.24. The Morgan fingerprint density at radius 1 is 1.53 bits per heavy atom. The molecule has 0 saturated heterocycles. The molecule has 0 saturated carbocycles. The Bertz CT molecular complexity index is 571. The third-order valence-electron chi connectivity index (χ3n) is 2.85. The zero-order valence-corrected chi connectivity index (χ0v) is 10.2. The highest BCUT2D eigenvalue weighted by Crippen LogP contribution is 2.33. The summed E-state index contributed by atoms with van der Waals surface area (Å²) in [7, 11) is 0. The number of carboxylic acids is 1. The second-order valence-electron chi connectivity index (χ2n) is 3.86. The Hall–Kier alpha value is -1.68. The Morgan fingerprint density at radius 2 is 2.29 bits per heavy atom. The van der Waals surface area contributed by atoms with E-state index in [9.17, 15) is 9.59 Å². The third-order valence-corrected chi connectivity index (χ3v) is 3.81. The molecule has 17 heavy (non-hydrogen) atoms. The first-order chi connectivity index (χ1) is 8.17. The number of rotatable bonds is 4. The molecule has 88 valence electrons. The summed E-state index contributed by atoms with van der Waals surface area (Å²) in [6.07, 6.45) is 1.37. The van der Waals surface area contributed by atoms with Gasteiger partial charge in [0.1, 0.15) is 6.29 Å². The third kappa shape index (κ3) is 2.08. The largest absolute Gasteiger partial charge is 0.481 e. The maximum Gasteiger partial charge on any atom is 0.311 e. The van der Waals surface area contributed by atoms with Crippen LogP contribution < -0.4 is 0 Å². The summed E-state index contributed by atoms with van der Waals surface area (Å²) in [5.74, 6) is -1.27. The van der Waals surface area contributed by atoms with Crippen molar-refractivity contribution >= 4 is 33.7 Å². The number of carbonyl (C=O) groups excluding carboxylic acids is 1. The van der Waals surface area contributed by atoms with Crippen LogP contribution in [0.15, 0.2) is 23.6 Å². The smallest absolute Gasteiger partial charge is 0.311 e. The number of aliphatic carboxylic acids is 1. The van der Waals surface area contributed by atoms with E-state index < -0.39 is 11.9 Å². The summed E-state index contributed by atoms with van der Waals surface area (Å²) in [6.45, 7) is 1.86. The van der Waals surface area contributed by atoms with Crippen LogP contribution in [0, 0.1) is 0 Å². The predicted octanol–water partition coefficient (Wildman–Crippen LogP) is 3.29. The average Bonchev–Trinajstić information content (AvgIpc) is 2.73. The van der Waals surface area contributed by atoms with Gasteiger partial charge in [-0.3, -0.25) is 9.59 Å². The normalized spacial score (nSPS) is 12.5. The molecule has 0 bridgehead atoms. The van der Waals surface area contributed by atoms with Crippen LogP contribution in [0.3, 0.4) is 0 Å². The number of carbonyl (C=O) groups is 2. The van der Waals surface area contributed by atoms with E-state index >= 15 is 0 Å². The number of thiophene rings is 1. The second kappa shape index (κ2) is 4.67. The quantitative estimate of drug-likeness (QED) is 0.845. The first-order valence-corrected chi connectivity index (χ1v) is 6.24. The second-order valence-corrected chi connectivity index (χ2v) is 4.77. The molecule has 1 atom stereocenters. The zero-order chi connectivity index (χ0) is 12.4. The van der Waals surface area contributed by atoms with Crippen molar-refractivity contribution in [2.45, 2.75) is 19.3 Å². The number of carboxylic acid groups (broad SMARTS) is 1. The molecule has 0 spiro atoms. The van der Waals surface area contributed by atoms with Gasteiger partial charge >= 0.3 is 5.97 Å². The molecule has 0 aliphatic heterocycles. The minimum Gasteiger partial charge on any atom is -0.481 e. The van der Waals surface area contributed by atoms with Crippen LogP contribution in [-0.4, -0.2) is 17.4 Å². The number of fused-ring (bicyclic) bond motifs is 1. The maximum absolute atomic E-state index is 11.1. The maximum atomic E-state index is 11.1. The molecular formula is C13H12O3S. The number of aldehydes is 1. The molecule has 2 rings (SSSR count). The van der Waals surface area contributed by atoms with Gasteiger partial charge in [-0.25, -0.2) is 0 Å². The standard InChI is InChI=1S/C13H12O3S/c1-2-9(13(15)16)11-7-17-12-5-8(6-14)3-4-10(11)12/h3-7,9H,2H2,1H3,(H,15,16). The molecule has 0 amide bonds. The van der Waals surface area contributed by atoms with Crippen molar-refractivity contribution in [1.29, 1.82) is 0 Å². The SMILES string of the molecule is CCC(C(=O)O)c1csc2cc(C=O)ccc12. The van der Waals surface area contributed by atoms with Gasteiger partial charge in [0.05, 0.1) is 5.92 Å². The van der Waals surface area contributed by atoms with Gasteiger partial charge < -0.3 is 5.11 Å². The van der Waals surface area contributed by atoms with E-state index in [-0.39, 0.29) is 0 Å². The first kappa shape index (κ1) is 11.8. The van der Waals surface area contributed by atoms with Crippen molar-refractivity contribution in [1.82, 2.24) is 0 Å². The van der Waals surface area contributed by atoms with Crippen LogP contribution in [-0.2, 0) is 4.79 Å². The van der Waals surface area contributed by atoms with Crippen LogP contribution in [0.1, 0.15) is 35.2 Å². The number of hydrogen-bond donors (Lipinski definition) is 1. The molecule has 0 aliphatic carbocycles. The van der Waals surface area contributed by atoms with Gasteiger partial charge in [-0.2, -0.15) is 0 Å². The van der Waals surface area contributed by atoms with Crippen molar-refractivity contribution in [2.75, 3.05) is 0 Å². The molecule has 0 aliphatic rings. The van der Waals surface area contributed by atoms with Crippen molar-refractivity contribution in [3.8, 4) is 0 Å². The fourth-order valence-corrected chi connectivity index (χ4v) is 3.00. The highest BCUT2D eigenvalue weighted by atomic mass is 32.1. The lowest BCUT2D eigenvalue weighted by Crippen LogP contribution is -2.09. The molecule has 4 heteroatoms. The van der Waals surface area contributed by atoms with Crippen LogP contribution in [0.5, 0.6) is 0 Å². The van der Waals surface area contributed by atoms with Crippen LogP contribution >= 0.6 is 11.3 Å². The highest BCUT2D eigenvalue weighted by molar-refractivity contribution is 7.17. The molecule has 3 nitrogen and oxygen atoms in total.